The summed E-state index contributed by atoms with van der Waals surface area (Å²) in [6.45, 7) is 4.23. The van der Waals surface area contributed by atoms with Crippen molar-refractivity contribution in [2.45, 2.75) is 57.9 Å². The minimum atomic E-state index is 0.538. The summed E-state index contributed by atoms with van der Waals surface area (Å²) in [4.78, 5) is 11.4. The molecule has 0 spiro atoms. The average Bonchev–Trinajstić information content (AvgIpc) is 2.78. The van der Waals surface area contributed by atoms with Gasteiger partial charge in [0.25, 0.3) is 0 Å². The van der Waals surface area contributed by atoms with Crippen molar-refractivity contribution in [2.75, 3.05) is 24.6 Å². The van der Waals surface area contributed by atoms with E-state index in [0.29, 0.717) is 25.1 Å². The smallest absolute Gasteiger partial charge is 0.228 e. The third kappa shape index (κ3) is 4.84. The van der Waals surface area contributed by atoms with Crippen LogP contribution in [0.15, 0.2) is 12.3 Å². The molecule has 0 atom stereocenters. The van der Waals surface area contributed by atoms with Gasteiger partial charge < -0.3 is 15.4 Å². The molecule has 118 valence electrons. The summed E-state index contributed by atoms with van der Waals surface area (Å²) in [6, 6.07) is 2.36. The van der Waals surface area contributed by atoms with Crippen molar-refractivity contribution >= 4 is 5.95 Å². The summed E-state index contributed by atoms with van der Waals surface area (Å²) in [5, 5.41) is 0. The number of anilines is 1. The predicted molar refractivity (Wildman–Crippen MR) is 85.7 cm³/mol. The highest BCUT2D eigenvalue weighted by atomic mass is 16.5. The maximum atomic E-state index is 5.70. The SMILES string of the molecule is CCOc1ccnc(N(CCCN)C2CCCCCC2)n1. The Balaban J connectivity index is 2.15. The fourth-order valence-electron chi connectivity index (χ4n) is 2.98. The van der Waals surface area contributed by atoms with Gasteiger partial charge >= 0.3 is 0 Å². The molecule has 1 aliphatic rings. The molecule has 1 aromatic rings. The first-order valence-corrected chi connectivity index (χ1v) is 8.27. The molecular formula is C16H28N4O. The van der Waals surface area contributed by atoms with E-state index < -0.39 is 0 Å². The molecule has 21 heavy (non-hydrogen) atoms. The molecule has 1 saturated carbocycles. The van der Waals surface area contributed by atoms with E-state index in [-0.39, 0.29) is 0 Å². The normalized spacial score (nSPS) is 16.5. The van der Waals surface area contributed by atoms with Crippen LogP contribution in [-0.4, -0.2) is 35.7 Å². The van der Waals surface area contributed by atoms with Crippen LogP contribution in [0.1, 0.15) is 51.9 Å². The molecule has 1 fully saturated rings. The van der Waals surface area contributed by atoms with Crippen molar-refractivity contribution in [3.63, 3.8) is 0 Å². The monoisotopic (exact) mass is 292 g/mol. The van der Waals surface area contributed by atoms with Gasteiger partial charge in [0.2, 0.25) is 11.8 Å². The summed E-state index contributed by atoms with van der Waals surface area (Å²) < 4.78 is 5.51. The van der Waals surface area contributed by atoms with Crippen LogP contribution in [0.4, 0.5) is 5.95 Å². The molecule has 1 heterocycles. The second-order valence-corrected chi connectivity index (χ2v) is 5.61. The standard InChI is InChI=1S/C16H28N4O/c1-2-21-15-10-12-18-16(19-15)20(13-7-11-17)14-8-5-3-4-6-9-14/h10,12,14H,2-9,11,13,17H2,1H3. The molecule has 0 unspecified atom stereocenters. The largest absolute Gasteiger partial charge is 0.478 e. The molecule has 1 aromatic heterocycles. The van der Waals surface area contributed by atoms with Crippen molar-refractivity contribution in [1.82, 2.24) is 9.97 Å². The number of nitrogens with two attached hydrogens (primary N) is 1. The number of rotatable bonds is 7. The zero-order valence-electron chi connectivity index (χ0n) is 13.1. The molecule has 0 aliphatic heterocycles. The van der Waals surface area contributed by atoms with Crippen molar-refractivity contribution in [1.29, 1.82) is 0 Å². The Morgan fingerprint density at radius 1 is 1.29 bits per heavy atom. The van der Waals surface area contributed by atoms with E-state index >= 15 is 0 Å². The lowest BCUT2D eigenvalue weighted by molar-refractivity contribution is 0.325. The Hall–Kier alpha value is -1.36. The highest BCUT2D eigenvalue weighted by Gasteiger charge is 2.22. The Morgan fingerprint density at radius 2 is 2.05 bits per heavy atom. The fourth-order valence-corrected chi connectivity index (χ4v) is 2.98. The Labute approximate surface area is 127 Å². The molecule has 5 nitrogen and oxygen atoms in total. The van der Waals surface area contributed by atoms with Gasteiger partial charge in [-0.25, -0.2) is 4.98 Å². The zero-order valence-corrected chi connectivity index (χ0v) is 13.1. The molecule has 0 saturated heterocycles. The average molecular weight is 292 g/mol. The number of aromatic nitrogens is 2. The first kappa shape index (κ1) is 16.0. The molecule has 0 aromatic carbocycles. The maximum absolute atomic E-state index is 5.70. The summed E-state index contributed by atoms with van der Waals surface area (Å²) in [5.74, 6) is 1.45. The molecule has 2 rings (SSSR count). The topological polar surface area (TPSA) is 64.3 Å². The van der Waals surface area contributed by atoms with Gasteiger partial charge in [0.15, 0.2) is 0 Å². The van der Waals surface area contributed by atoms with Gasteiger partial charge in [0, 0.05) is 24.8 Å². The number of ether oxygens (including phenoxy) is 1. The van der Waals surface area contributed by atoms with E-state index in [1.165, 1.54) is 38.5 Å². The second-order valence-electron chi connectivity index (χ2n) is 5.61. The highest BCUT2D eigenvalue weighted by molar-refractivity contribution is 5.33. The van der Waals surface area contributed by atoms with Crippen LogP contribution in [0.5, 0.6) is 5.88 Å². The van der Waals surface area contributed by atoms with E-state index in [0.717, 1.165) is 18.9 Å². The zero-order chi connectivity index (χ0) is 14.9. The lowest BCUT2D eigenvalue weighted by Crippen LogP contribution is -2.38. The number of nitrogens with zero attached hydrogens (tertiary/aromatic N) is 3. The first-order chi connectivity index (χ1) is 10.3. The molecule has 0 amide bonds. The summed E-state index contributed by atoms with van der Waals surface area (Å²) in [7, 11) is 0. The molecule has 0 bridgehead atoms. The Bertz CT molecular complexity index is 405. The van der Waals surface area contributed by atoms with E-state index in [1.54, 1.807) is 6.20 Å². The van der Waals surface area contributed by atoms with Gasteiger partial charge in [-0.1, -0.05) is 25.7 Å². The third-order valence-corrected chi connectivity index (χ3v) is 4.04. The molecule has 0 radical (unpaired) electrons. The summed E-state index contributed by atoms with van der Waals surface area (Å²) >= 11 is 0. The predicted octanol–water partition coefficient (Wildman–Crippen LogP) is 2.75. The van der Waals surface area contributed by atoms with E-state index in [2.05, 4.69) is 14.9 Å². The van der Waals surface area contributed by atoms with Crippen LogP contribution in [0.2, 0.25) is 0 Å². The van der Waals surface area contributed by atoms with Crippen molar-refractivity contribution < 1.29 is 4.74 Å². The van der Waals surface area contributed by atoms with Crippen LogP contribution < -0.4 is 15.4 Å². The van der Waals surface area contributed by atoms with Crippen LogP contribution in [-0.2, 0) is 0 Å². The van der Waals surface area contributed by atoms with Crippen LogP contribution in [0.3, 0.4) is 0 Å². The van der Waals surface area contributed by atoms with Gasteiger partial charge in [-0.2, -0.15) is 4.98 Å². The van der Waals surface area contributed by atoms with E-state index in [9.17, 15) is 0 Å². The Kier molecular flexibility index (Phi) is 6.73. The third-order valence-electron chi connectivity index (χ3n) is 4.04. The summed E-state index contributed by atoms with van der Waals surface area (Å²) in [6.07, 6.45) is 10.5. The molecular weight excluding hydrogens is 264 g/mol. The van der Waals surface area contributed by atoms with Gasteiger partial charge in [0.05, 0.1) is 6.61 Å². The lowest BCUT2D eigenvalue weighted by Gasteiger charge is -2.31. The quantitative estimate of drug-likeness (QED) is 0.783. The maximum Gasteiger partial charge on any atom is 0.228 e. The fraction of sp³-hybridized carbons (Fsp3) is 0.750. The van der Waals surface area contributed by atoms with Gasteiger partial charge in [0.1, 0.15) is 0 Å². The van der Waals surface area contributed by atoms with Crippen LogP contribution in [0.25, 0.3) is 0 Å². The van der Waals surface area contributed by atoms with Gasteiger partial charge in [-0.15, -0.1) is 0 Å². The number of hydrogen-bond acceptors (Lipinski definition) is 5. The Morgan fingerprint density at radius 3 is 2.71 bits per heavy atom. The minimum absolute atomic E-state index is 0.538. The molecule has 1 aliphatic carbocycles. The molecule has 5 heteroatoms. The van der Waals surface area contributed by atoms with Crippen molar-refractivity contribution in [2.24, 2.45) is 5.73 Å². The summed E-state index contributed by atoms with van der Waals surface area (Å²) in [5.41, 5.74) is 5.70. The highest BCUT2D eigenvalue weighted by Crippen LogP contribution is 2.25. The van der Waals surface area contributed by atoms with Crippen LogP contribution >= 0.6 is 0 Å². The lowest BCUT2D eigenvalue weighted by atomic mass is 10.1. The van der Waals surface area contributed by atoms with E-state index in [1.807, 2.05) is 13.0 Å². The molecule has 2 N–H and O–H groups in total. The van der Waals surface area contributed by atoms with Gasteiger partial charge in [-0.05, 0) is 32.7 Å². The van der Waals surface area contributed by atoms with Crippen molar-refractivity contribution in [3.05, 3.63) is 12.3 Å². The van der Waals surface area contributed by atoms with E-state index in [4.69, 9.17) is 10.5 Å². The van der Waals surface area contributed by atoms with Crippen molar-refractivity contribution in [3.8, 4) is 5.88 Å². The minimum Gasteiger partial charge on any atom is -0.478 e. The first-order valence-electron chi connectivity index (χ1n) is 8.27. The van der Waals surface area contributed by atoms with Crippen LogP contribution in [0, 0.1) is 0 Å². The number of hydrogen-bond donors (Lipinski definition) is 1. The second kappa shape index (κ2) is 8.82. The van der Waals surface area contributed by atoms with Gasteiger partial charge in [-0.3, -0.25) is 0 Å².